The van der Waals surface area contributed by atoms with E-state index in [-0.39, 0.29) is 6.03 Å². The topological polar surface area (TPSA) is 59.6 Å². The highest BCUT2D eigenvalue weighted by Gasteiger charge is 2.07. The molecule has 2 rings (SSSR count). The lowest BCUT2D eigenvalue weighted by Crippen LogP contribution is -2.19. The number of hydrogen-bond donors (Lipinski definition) is 2. The number of carbonyl (C=O) groups is 1. The highest BCUT2D eigenvalue weighted by Crippen LogP contribution is 2.24. The molecule has 116 valence electrons. The van der Waals surface area contributed by atoms with Gasteiger partial charge in [0.05, 0.1) is 18.9 Å². The van der Waals surface area contributed by atoms with Crippen molar-refractivity contribution in [1.29, 1.82) is 0 Å². The summed E-state index contributed by atoms with van der Waals surface area (Å²) in [6, 6.07) is 14.2. The summed E-state index contributed by atoms with van der Waals surface area (Å²) in [5, 5.41) is 5.55. The van der Waals surface area contributed by atoms with Crippen molar-refractivity contribution >= 4 is 17.4 Å². The van der Waals surface area contributed by atoms with Crippen molar-refractivity contribution in [2.75, 3.05) is 23.8 Å². The normalized spacial score (nSPS) is 9.91. The second kappa shape index (κ2) is 7.93. The van der Waals surface area contributed by atoms with Gasteiger partial charge in [-0.25, -0.2) is 4.79 Å². The quantitative estimate of drug-likeness (QED) is 0.843. The number of rotatable bonds is 6. The standard InChI is InChI=1S/C17H20N2O3/c1-3-21-14-11-9-13(10-12-14)18-17(20)19-15-7-5-6-8-16(15)22-4-2/h5-12H,3-4H2,1-2H3,(H2,18,19,20). The number of para-hydroxylation sites is 2. The van der Waals surface area contributed by atoms with Crippen molar-refractivity contribution in [3.8, 4) is 11.5 Å². The van der Waals surface area contributed by atoms with E-state index in [1.807, 2.05) is 44.2 Å². The molecule has 0 aromatic heterocycles. The third-order valence-corrected chi connectivity index (χ3v) is 2.86. The molecule has 0 aliphatic rings. The number of urea groups is 1. The molecular formula is C17H20N2O3. The molecule has 0 aliphatic carbocycles. The zero-order valence-corrected chi connectivity index (χ0v) is 12.8. The van der Waals surface area contributed by atoms with E-state index in [0.29, 0.717) is 30.3 Å². The Kier molecular flexibility index (Phi) is 5.65. The van der Waals surface area contributed by atoms with Gasteiger partial charge in [-0.3, -0.25) is 0 Å². The first kappa shape index (κ1) is 15.7. The van der Waals surface area contributed by atoms with Gasteiger partial charge in [-0.2, -0.15) is 0 Å². The van der Waals surface area contributed by atoms with E-state index in [0.717, 1.165) is 5.75 Å². The van der Waals surface area contributed by atoms with Gasteiger partial charge in [0.2, 0.25) is 0 Å². The van der Waals surface area contributed by atoms with Gasteiger partial charge < -0.3 is 20.1 Å². The molecular weight excluding hydrogens is 280 g/mol. The number of nitrogens with one attached hydrogen (secondary N) is 2. The van der Waals surface area contributed by atoms with E-state index in [1.54, 1.807) is 18.2 Å². The minimum Gasteiger partial charge on any atom is -0.494 e. The lowest BCUT2D eigenvalue weighted by atomic mass is 10.3. The molecule has 2 aromatic rings. The van der Waals surface area contributed by atoms with E-state index in [1.165, 1.54) is 0 Å². The molecule has 0 saturated carbocycles. The Balaban J connectivity index is 1.98. The number of anilines is 2. The zero-order valence-electron chi connectivity index (χ0n) is 12.8. The smallest absolute Gasteiger partial charge is 0.323 e. The summed E-state index contributed by atoms with van der Waals surface area (Å²) in [6.45, 7) is 4.98. The SMILES string of the molecule is CCOc1ccc(NC(=O)Nc2ccccc2OCC)cc1. The summed E-state index contributed by atoms with van der Waals surface area (Å²) >= 11 is 0. The Morgan fingerprint density at radius 1 is 0.909 bits per heavy atom. The lowest BCUT2D eigenvalue weighted by molar-refractivity contribution is 0.262. The van der Waals surface area contributed by atoms with Gasteiger partial charge in [-0.05, 0) is 50.2 Å². The van der Waals surface area contributed by atoms with Crippen molar-refractivity contribution in [1.82, 2.24) is 0 Å². The molecule has 0 bridgehead atoms. The van der Waals surface area contributed by atoms with Gasteiger partial charge >= 0.3 is 6.03 Å². The summed E-state index contributed by atoms with van der Waals surface area (Å²) in [5.41, 5.74) is 1.32. The van der Waals surface area contributed by atoms with Crippen LogP contribution in [-0.4, -0.2) is 19.2 Å². The summed E-state index contributed by atoms with van der Waals surface area (Å²) in [6.07, 6.45) is 0. The minimum atomic E-state index is -0.323. The Bertz CT molecular complexity index is 612. The molecule has 2 N–H and O–H groups in total. The first-order valence-corrected chi connectivity index (χ1v) is 7.25. The van der Waals surface area contributed by atoms with Gasteiger partial charge in [0.1, 0.15) is 11.5 Å². The highest BCUT2D eigenvalue weighted by molar-refractivity contribution is 6.00. The highest BCUT2D eigenvalue weighted by atomic mass is 16.5. The monoisotopic (exact) mass is 300 g/mol. The molecule has 5 nitrogen and oxygen atoms in total. The molecule has 2 aromatic carbocycles. The summed E-state index contributed by atoms with van der Waals surface area (Å²) in [4.78, 5) is 12.0. The van der Waals surface area contributed by atoms with Gasteiger partial charge in [0.15, 0.2) is 0 Å². The first-order valence-electron chi connectivity index (χ1n) is 7.25. The van der Waals surface area contributed by atoms with Crippen molar-refractivity contribution in [2.24, 2.45) is 0 Å². The van der Waals surface area contributed by atoms with Crippen LogP contribution in [0.25, 0.3) is 0 Å². The predicted octanol–water partition coefficient (Wildman–Crippen LogP) is 4.13. The fourth-order valence-electron chi connectivity index (χ4n) is 1.94. The average molecular weight is 300 g/mol. The van der Waals surface area contributed by atoms with Crippen molar-refractivity contribution < 1.29 is 14.3 Å². The fraction of sp³-hybridized carbons (Fsp3) is 0.235. The fourth-order valence-corrected chi connectivity index (χ4v) is 1.94. The molecule has 0 fully saturated rings. The Morgan fingerprint density at radius 3 is 2.27 bits per heavy atom. The molecule has 0 radical (unpaired) electrons. The second-order valence-corrected chi connectivity index (χ2v) is 4.47. The molecule has 0 aliphatic heterocycles. The third-order valence-electron chi connectivity index (χ3n) is 2.86. The maximum atomic E-state index is 12.0. The zero-order chi connectivity index (χ0) is 15.8. The molecule has 2 amide bonds. The van der Waals surface area contributed by atoms with Crippen molar-refractivity contribution in [2.45, 2.75) is 13.8 Å². The average Bonchev–Trinajstić information content (AvgIpc) is 2.52. The molecule has 0 unspecified atom stereocenters. The van der Waals surface area contributed by atoms with Crippen LogP contribution in [0.4, 0.5) is 16.2 Å². The molecule has 0 saturated heterocycles. The lowest BCUT2D eigenvalue weighted by Gasteiger charge is -2.12. The van der Waals surface area contributed by atoms with Gasteiger partial charge in [0.25, 0.3) is 0 Å². The van der Waals surface area contributed by atoms with Crippen LogP contribution in [0.2, 0.25) is 0 Å². The number of amides is 2. The van der Waals surface area contributed by atoms with Gasteiger partial charge in [-0.1, -0.05) is 12.1 Å². The van der Waals surface area contributed by atoms with Crippen LogP contribution in [0, 0.1) is 0 Å². The van der Waals surface area contributed by atoms with E-state index in [4.69, 9.17) is 9.47 Å². The Hall–Kier alpha value is -2.69. The van der Waals surface area contributed by atoms with Crippen molar-refractivity contribution in [3.63, 3.8) is 0 Å². The predicted molar refractivity (Wildman–Crippen MR) is 87.9 cm³/mol. The van der Waals surface area contributed by atoms with E-state index < -0.39 is 0 Å². The Labute approximate surface area is 130 Å². The Morgan fingerprint density at radius 2 is 1.59 bits per heavy atom. The van der Waals surface area contributed by atoms with E-state index >= 15 is 0 Å². The maximum Gasteiger partial charge on any atom is 0.323 e. The summed E-state index contributed by atoms with van der Waals surface area (Å²) in [7, 11) is 0. The first-order chi connectivity index (χ1) is 10.7. The number of benzene rings is 2. The number of hydrogen-bond acceptors (Lipinski definition) is 3. The van der Waals surface area contributed by atoms with Gasteiger partial charge in [0, 0.05) is 5.69 Å². The van der Waals surface area contributed by atoms with Crippen LogP contribution in [0.1, 0.15) is 13.8 Å². The third kappa shape index (κ3) is 4.41. The van der Waals surface area contributed by atoms with Crippen LogP contribution in [-0.2, 0) is 0 Å². The van der Waals surface area contributed by atoms with Gasteiger partial charge in [-0.15, -0.1) is 0 Å². The second-order valence-electron chi connectivity index (χ2n) is 4.47. The number of carbonyl (C=O) groups excluding carboxylic acids is 1. The van der Waals surface area contributed by atoms with Crippen molar-refractivity contribution in [3.05, 3.63) is 48.5 Å². The molecule has 0 heterocycles. The van der Waals surface area contributed by atoms with Crippen LogP contribution in [0.3, 0.4) is 0 Å². The van der Waals surface area contributed by atoms with E-state index in [2.05, 4.69) is 10.6 Å². The molecule has 22 heavy (non-hydrogen) atoms. The minimum absolute atomic E-state index is 0.323. The molecule has 5 heteroatoms. The number of ether oxygens (including phenoxy) is 2. The van der Waals surface area contributed by atoms with E-state index in [9.17, 15) is 4.79 Å². The maximum absolute atomic E-state index is 12.0. The molecule has 0 atom stereocenters. The van der Waals surface area contributed by atoms with Crippen LogP contribution >= 0.6 is 0 Å². The van der Waals surface area contributed by atoms with Crippen LogP contribution < -0.4 is 20.1 Å². The summed E-state index contributed by atoms with van der Waals surface area (Å²) in [5.74, 6) is 1.42. The molecule has 0 spiro atoms. The van der Waals surface area contributed by atoms with Crippen LogP contribution in [0.5, 0.6) is 11.5 Å². The van der Waals surface area contributed by atoms with Crippen LogP contribution in [0.15, 0.2) is 48.5 Å². The summed E-state index contributed by atoms with van der Waals surface area (Å²) < 4.78 is 10.8. The largest absolute Gasteiger partial charge is 0.494 e.